The van der Waals surface area contributed by atoms with Crippen LogP contribution >= 0.6 is 0 Å². The van der Waals surface area contributed by atoms with Crippen LogP contribution in [0.1, 0.15) is 52.9 Å². The highest BCUT2D eigenvalue weighted by Gasteiger charge is 2.36. The molecule has 0 aliphatic rings. The molecule has 0 aliphatic heterocycles. The van der Waals surface area contributed by atoms with Gasteiger partial charge in [-0.2, -0.15) is 0 Å². The molecule has 126 valence electrons. The third-order valence-corrected chi connectivity index (χ3v) is 9.03. The highest BCUT2D eigenvalue weighted by Crippen LogP contribution is 2.36. The van der Waals surface area contributed by atoms with Gasteiger partial charge in [-0.25, -0.2) is 0 Å². The van der Waals surface area contributed by atoms with Crippen LogP contribution in [0.25, 0.3) is 0 Å². The molecule has 0 aliphatic carbocycles. The van der Waals surface area contributed by atoms with E-state index in [-0.39, 0.29) is 17.2 Å². The van der Waals surface area contributed by atoms with Crippen molar-refractivity contribution >= 4 is 8.32 Å². The van der Waals surface area contributed by atoms with Crippen LogP contribution in [0, 0.1) is 0 Å². The van der Waals surface area contributed by atoms with Crippen LogP contribution in [0.3, 0.4) is 0 Å². The second kappa shape index (κ2) is 9.77. The Morgan fingerprint density at radius 2 is 1.86 bits per heavy atom. The Morgan fingerprint density at radius 3 is 2.33 bits per heavy atom. The van der Waals surface area contributed by atoms with E-state index in [1.807, 2.05) is 0 Å². The van der Waals surface area contributed by atoms with Crippen molar-refractivity contribution in [2.45, 2.75) is 83.2 Å². The third kappa shape index (κ3) is 8.76. The van der Waals surface area contributed by atoms with Crippen LogP contribution in [-0.2, 0) is 9.16 Å². The fourth-order valence-electron chi connectivity index (χ4n) is 1.94. The molecule has 0 heterocycles. The second-order valence-corrected chi connectivity index (χ2v) is 12.2. The predicted octanol–water partition coefficient (Wildman–Crippen LogP) is 4.52. The predicted molar refractivity (Wildman–Crippen MR) is 93.2 cm³/mol. The number of hydrogen-bond acceptors (Lipinski definition) is 3. The zero-order valence-corrected chi connectivity index (χ0v) is 15.9. The lowest BCUT2D eigenvalue weighted by Crippen LogP contribution is -2.40. The first-order valence-corrected chi connectivity index (χ1v) is 11.0. The Bertz CT molecular complexity index is 284. The SMILES string of the molecule is C=CC[C@H](O)C[C@@H](CCCCO[Si](C)(C)C(C)(C)C)OC. The maximum atomic E-state index is 9.78. The highest BCUT2D eigenvalue weighted by atomic mass is 28.4. The van der Waals surface area contributed by atoms with E-state index >= 15 is 0 Å². The summed E-state index contributed by atoms with van der Waals surface area (Å²) in [5.74, 6) is 0. The Morgan fingerprint density at radius 1 is 1.24 bits per heavy atom. The number of aliphatic hydroxyl groups is 1. The molecule has 0 saturated carbocycles. The van der Waals surface area contributed by atoms with Gasteiger partial charge in [0, 0.05) is 13.7 Å². The van der Waals surface area contributed by atoms with Gasteiger partial charge in [0.2, 0.25) is 0 Å². The number of aliphatic hydroxyl groups excluding tert-OH is 1. The van der Waals surface area contributed by atoms with E-state index in [4.69, 9.17) is 9.16 Å². The molecule has 0 fully saturated rings. The van der Waals surface area contributed by atoms with E-state index in [9.17, 15) is 5.11 Å². The molecule has 21 heavy (non-hydrogen) atoms. The van der Waals surface area contributed by atoms with Gasteiger partial charge in [-0.3, -0.25) is 0 Å². The molecule has 0 bridgehead atoms. The zero-order valence-electron chi connectivity index (χ0n) is 14.9. The first-order valence-electron chi connectivity index (χ1n) is 8.09. The van der Waals surface area contributed by atoms with Crippen LogP contribution in [-0.4, -0.2) is 39.3 Å². The average molecular weight is 317 g/mol. The fourth-order valence-corrected chi connectivity index (χ4v) is 3.03. The molecule has 0 amide bonds. The van der Waals surface area contributed by atoms with Crippen LogP contribution < -0.4 is 0 Å². The molecule has 2 atom stereocenters. The number of ether oxygens (including phenoxy) is 1. The maximum Gasteiger partial charge on any atom is 0.191 e. The lowest BCUT2D eigenvalue weighted by atomic mass is 10.0. The molecule has 0 aromatic rings. The van der Waals surface area contributed by atoms with Crippen molar-refractivity contribution < 1.29 is 14.3 Å². The minimum atomic E-state index is -1.61. The molecule has 0 saturated heterocycles. The summed E-state index contributed by atoms with van der Waals surface area (Å²) >= 11 is 0. The molecule has 4 heteroatoms. The van der Waals surface area contributed by atoms with Crippen LogP contribution in [0.5, 0.6) is 0 Å². The van der Waals surface area contributed by atoms with E-state index < -0.39 is 8.32 Å². The van der Waals surface area contributed by atoms with E-state index in [1.165, 1.54) is 0 Å². The van der Waals surface area contributed by atoms with E-state index in [1.54, 1.807) is 13.2 Å². The van der Waals surface area contributed by atoms with Crippen molar-refractivity contribution in [3.05, 3.63) is 12.7 Å². The van der Waals surface area contributed by atoms with Crippen molar-refractivity contribution in [1.29, 1.82) is 0 Å². The summed E-state index contributed by atoms with van der Waals surface area (Å²) in [6.45, 7) is 15.9. The van der Waals surface area contributed by atoms with Gasteiger partial charge >= 0.3 is 0 Å². The van der Waals surface area contributed by atoms with Crippen molar-refractivity contribution in [2.75, 3.05) is 13.7 Å². The number of rotatable bonds is 11. The standard InChI is InChI=1S/C17H36O3Si/c1-8-11-15(18)14-16(19-5)12-9-10-13-20-21(6,7)17(2,3)4/h8,15-16,18H,1,9-14H2,2-7H3/t15-,16+/m0/s1. The molecule has 0 rings (SSSR count). The molecule has 3 nitrogen and oxygen atoms in total. The Kier molecular flexibility index (Phi) is 9.70. The minimum absolute atomic E-state index is 0.132. The van der Waals surface area contributed by atoms with Gasteiger partial charge in [0.15, 0.2) is 8.32 Å². The van der Waals surface area contributed by atoms with Crippen molar-refractivity contribution in [3.63, 3.8) is 0 Å². The lowest BCUT2D eigenvalue weighted by Gasteiger charge is -2.36. The monoisotopic (exact) mass is 316 g/mol. The summed E-state index contributed by atoms with van der Waals surface area (Å²) in [6.07, 6.45) is 5.98. The molecule has 0 radical (unpaired) electrons. The Hall–Kier alpha value is -0.163. The molecule has 1 N–H and O–H groups in total. The van der Waals surface area contributed by atoms with Gasteiger partial charge in [0.25, 0.3) is 0 Å². The van der Waals surface area contributed by atoms with Crippen molar-refractivity contribution in [3.8, 4) is 0 Å². The normalized spacial score (nSPS) is 15.8. The largest absolute Gasteiger partial charge is 0.417 e. The number of hydrogen-bond donors (Lipinski definition) is 1. The smallest absolute Gasteiger partial charge is 0.191 e. The van der Waals surface area contributed by atoms with Crippen LogP contribution in [0.2, 0.25) is 18.1 Å². The molecular weight excluding hydrogens is 280 g/mol. The first kappa shape index (κ1) is 20.8. The van der Waals surface area contributed by atoms with Gasteiger partial charge in [0.05, 0.1) is 12.2 Å². The van der Waals surface area contributed by atoms with Gasteiger partial charge in [-0.1, -0.05) is 26.8 Å². The van der Waals surface area contributed by atoms with E-state index in [2.05, 4.69) is 40.4 Å². The lowest BCUT2D eigenvalue weighted by molar-refractivity contribution is 0.0393. The zero-order chi connectivity index (χ0) is 16.5. The van der Waals surface area contributed by atoms with Crippen molar-refractivity contribution in [2.24, 2.45) is 0 Å². The molecule has 0 aromatic carbocycles. The molecule has 0 spiro atoms. The molecule has 0 aromatic heterocycles. The summed E-state index contributed by atoms with van der Waals surface area (Å²) in [4.78, 5) is 0. The van der Waals surface area contributed by atoms with Crippen LogP contribution in [0.4, 0.5) is 0 Å². The Labute approximate surface area is 132 Å². The summed E-state index contributed by atoms with van der Waals surface area (Å²) in [7, 11) is 0.110. The topological polar surface area (TPSA) is 38.7 Å². The highest BCUT2D eigenvalue weighted by molar-refractivity contribution is 6.74. The van der Waals surface area contributed by atoms with Gasteiger partial charge in [-0.05, 0) is 50.2 Å². The molecular formula is C17H36O3Si. The summed E-state index contributed by atoms with van der Waals surface area (Å²) < 4.78 is 11.6. The first-order chi connectivity index (χ1) is 9.64. The number of methoxy groups -OCH3 is 1. The van der Waals surface area contributed by atoms with Gasteiger partial charge < -0.3 is 14.3 Å². The van der Waals surface area contributed by atoms with E-state index in [0.717, 1.165) is 25.9 Å². The summed E-state index contributed by atoms with van der Waals surface area (Å²) in [5.41, 5.74) is 0. The van der Waals surface area contributed by atoms with Gasteiger partial charge in [0.1, 0.15) is 0 Å². The summed E-state index contributed by atoms with van der Waals surface area (Å²) in [6, 6.07) is 0. The van der Waals surface area contributed by atoms with Crippen molar-refractivity contribution in [1.82, 2.24) is 0 Å². The Balaban J connectivity index is 3.90. The maximum absolute atomic E-state index is 9.78. The average Bonchev–Trinajstić information content (AvgIpc) is 2.35. The van der Waals surface area contributed by atoms with Crippen LogP contribution in [0.15, 0.2) is 12.7 Å². The number of unbranched alkanes of at least 4 members (excludes halogenated alkanes) is 1. The quantitative estimate of drug-likeness (QED) is 0.346. The fraction of sp³-hybridized carbons (Fsp3) is 0.882. The minimum Gasteiger partial charge on any atom is -0.417 e. The summed E-state index contributed by atoms with van der Waals surface area (Å²) in [5, 5.41) is 10.1. The van der Waals surface area contributed by atoms with Gasteiger partial charge in [-0.15, -0.1) is 6.58 Å². The second-order valence-electron chi connectivity index (χ2n) is 7.38. The molecule has 0 unspecified atom stereocenters. The van der Waals surface area contributed by atoms with E-state index in [0.29, 0.717) is 12.8 Å². The third-order valence-electron chi connectivity index (χ3n) is 4.50.